The Bertz CT molecular complexity index is 1590. The van der Waals surface area contributed by atoms with Crippen LogP contribution in [-0.4, -0.2) is 59.2 Å². The Morgan fingerprint density at radius 3 is 1.67 bits per heavy atom. The van der Waals surface area contributed by atoms with E-state index in [1.807, 2.05) is 27.7 Å². The fraction of sp³-hybridized carbons (Fsp3) is 0.686. The number of carbonyl (C=O) groups is 5. The lowest BCUT2D eigenvalue weighted by atomic mass is 9.66. The molecule has 4 fully saturated rings. The summed E-state index contributed by atoms with van der Waals surface area (Å²) in [7, 11) is 0. The Hall–Kier alpha value is -3.63. The molecule has 1 aromatic carbocycles. The van der Waals surface area contributed by atoms with E-state index in [1.54, 1.807) is 46.8 Å². The predicted octanol–water partition coefficient (Wildman–Crippen LogP) is 5.20. The van der Waals surface area contributed by atoms with Crippen LogP contribution < -0.4 is 9.47 Å². The number of ketones is 1. The Kier molecular flexibility index (Phi) is 6.65. The molecule has 5 aliphatic rings. The summed E-state index contributed by atoms with van der Waals surface area (Å²) in [5.74, 6) is -2.40. The zero-order chi connectivity index (χ0) is 34.0. The first-order chi connectivity index (χ1) is 21.2. The van der Waals surface area contributed by atoms with E-state index in [-0.39, 0.29) is 47.9 Å². The molecule has 6 rings (SSSR count). The number of fused-ring (bicyclic) bond motifs is 5. The quantitative estimate of drug-likeness (QED) is 0.221. The van der Waals surface area contributed by atoms with Crippen molar-refractivity contribution in [1.29, 1.82) is 0 Å². The molecule has 11 nitrogen and oxygen atoms in total. The molecule has 1 aromatic rings. The zero-order valence-corrected chi connectivity index (χ0v) is 28.3. The van der Waals surface area contributed by atoms with Gasteiger partial charge in [0.05, 0.1) is 28.6 Å². The maximum atomic E-state index is 14.4. The van der Waals surface area contributed by atoms with Crippen LogP contribution in [0.2, 0.25) is 0 Å². The van der Waals surface area contributed by atoms with Crippen LogP contribution in [0.5, 0.6) is 11.5 Å². The second kappa shape index (κ2) is 9.47. The van der Waals surface area contributed by atoms with Crippen LogP contribution in [0.3, 0.4) is 0 Å². The molecule has 6 atom stereocenters. The average molecular weight is 641 g/mol. The van der Waals surface area contributed by atoms with E-state index < -0.39 is 74.5 Å². The third kappa shape index (κ3) is 3.63. The largest absolute Gasteiger partial charge is 0.493 e. The van der Waals surface area contributed by atoms with Gasteiger partial charge >= 0.3 is 23.9 Å². The first-order valence-corrected chi connectivity index (χ1v) is 16.1. The fourth-order valence-corrected chi connectivity index (χ4v) is 8.52. The third-order valence-electron chi connectivity index (χ3n) is 12.7. The van der Waals surface area contributed by atoms with Crippen LogP contribution in [0.1, 0.15) is 117 Å². The van der Waals surface area contributed by atoms with E-state index in [2.05, 4.69) is 0 Å². The average Bonchev–Trinajstić information content (AvgIpc) is 3.42. The summed E-state index contributed by atoms with van der Waals surface area (Å²) in [4.78, 5) is 67.6. The number of rotatable bonds is 7. The molecular weight excluding hydrogens is 596 g/mol. The number of ether oxygens (including phenoxy) is 6. The lowest BCUT2D eigenvalue weighted by Gasteiger charge is -2.46. The number of benzene rings is 1. The summed E-state index contributed by atoms with van der Waals surface area (Å²) in [5, 5.41) is 0. The second-order valence-corrected chi connectivity index (χ2v) is 15.5. The van der Waals surface area contributed by atoms with E-state index >= 15 is 0 Å². The van der Waals surface area contributed by atoms with Crippen molar-refractivity contribution in [3.63, 3.8) is 0 Å². The standard InChI is InChI=1S/C35H44O11/c1-11-41-22-19(18(2)36)12-13-20-21(22)23(42-27(39)34-16-14-32(9,25(37)45-34)30(34,5)6)24(29(3,4)44-20)43-28(40)35-17-15-33(10,26(38)46-35)31(35,7)8/h12-13,23-24H,11,14-17H2,1-10H3/t23-,24-,32+,33+,34-,35-/m1/s1. The van der Waals surface area contributed by atoms with Gasteiger partial charge in [0, 0.05) is 10.8 Å². The lowest BCUT2D eigenvalue weighted by Crippen LogP contribution is -2.57. The molecule has 11 heteroatoms. The van der Waals surface area contributed by atoms with Crippen molar-refractivity contribution >= 4 is 29.7 Å². The smallest absolute Gasteiger partial charge is 0.351 e. The van der Waals surface area contributed by atoms with Gasteiger partial charge in [0.15, 0.2) is 18.0 Å². The summed E-state index contributed by atoms with van der Waals surface area (Å²) in [6, 6.07) is 3.18. The minimum absolute atomic E-state index is 0.137. The summed E-state index contributed by atoms with van der Waals surface area (Å²) < 4.78 is 36.8. The topological polar surface area (TPSA) is 141 Å². The molecule has 2 saturated carbocycles. The number of esters is 4. The molecule has 3 aliphatic heterocycles. The van der Waals surface area contributed by atoms with Gasteiger partial charge in [0.25, 0.3) is 0 Å². The highest BCUT2D eigenvalue weighted by molar-refractivity contribution is 5.98. The normalized spacial score (nSPS) is 37.1. The van der Waals surface area contributed by atoms with Crippen molar-refractivity contribution in [3.05, 3.63) is 23.3 Å². The van der Waals surface area contributed by atoms with Crippen molar-refractivity contribution in [2.45, 2.75) is 124 Å². The van der Waals surface area contributed by atoms with Gasteiger partial charge in [-0.15, -0.1) is 0 Å². The van der Waals surface area contributed by atoms with E-state index in [0.717, 1.165) is 0 Å². The van der Waals surface area contributed by atoms with Gasteiger partial charge in [-0.05, 0) is 79.4 Å². The molecule has 3 heterocycles. The lowest BCUT2D eigenvalue weighted by molar-refractivity contribution is -0.218. The van der Waals surface area contributed by atoms with Gasteiger partial charge in [0.2, 0.25) is 11.2 Å². The highest BCUT2D eigenvalue weighted by Crippen LogP contribution is 2.67. The van der Waals surface area contributed by atoms with Crippen molar-refractivity contribution in [2.75, 3.05) is 6.61 Å². The van der Waals surface area contributed by atoms with E-state index in [1.165, 1.54) is 6.92 Å². The van der Waals surface area contributed by atoms with E-state index in [4.69, 9.17) is 28.4 Å². The molecule has 0 unspecified atom stereocenters. The minimum Gasteiger partial charge on any atom is -0.493 e. The van der Waals surface area contributed by atoms with Gasteiger partial charge in [-0.25, -0.2) is 9.59 Å². The second-order valence-electron chi connectivity index (χ2n) is 15.5. The van der Waals surface area contributed by atoms with Crippen molar-refractivity contribution < 1.29 is 52.4 Å². The predicted molar refractivity (Wildman–Crippen MR) is 161 cm³/mol. The number of hydrogen-bond donors (Lipinski definition) is 0. The SMILES string of the molecule is CCOc1c(C(C)=O)ccc2c1[C@@H](OC(=O)[C@@]13CC[C@@](C)(C(=O)O1)C3(C)C)[C@@H](OC(=O)[C@@]13CC[C@@](C)(C(=O)O1)C3(C)C)C(C)(C)O2. The molecule has 0 N–H and O–H groups in total. The summed E-state index contributed by atoms with van der Waals surface area (Å²) in [6.45, 7) is 17.6. The fourth-order valence-electron chi connectivity index (χ4n) is 8.52. The maximum absolute atomic E-state index is 14.4. The Morgan fingerprint density at radius 2 is 1.26 bits per heavy atom. The monoisotopic (exact) mass is 640 g/mol. The van der Waals surface area contributed by atoms with Crippen LogP contribution >= 0.6 is 0 Å². The number of carbonyl (C=O) groups excluding carboxylic acids is 5. The van der Waals surface area contributed by atoms with Crippen molar-refractivity contribution in [1.82, 2.24) is 0 Å². The molecule has 0 radical (unpaired) electrons. The minimum atomic E-state index is -1.59. The molecule has 4 bridgehead atoms. The Morgan fingerprint density at radius 1 is 0.761 bits per heavy atom. The van der Waals surface area contributed by atoms with Crippen molar-refractivity contribution in [3.8, 4) is 11.5 Å². The molecule has 0 aromatic heterocycles. The molecule has 2 aliphatic carbocycles. The van der Waals surface area contributed by atoms with E-state index in [0.29, 0.717) is 12.8 Å². The third-order valence-corrected chi connectivity index (χ3v) is 12.7. The van der Waals surface area contributed by atoms with Crippen LogP contribution in [0.4, 0.5) is 0 Å². The van der Waals surface area contributed by atoms with Gasteiger partial charge in [-0.1, -0.05) is 27.7 Å². The van der Waals surface area contributed by atoms with Crippen LogP contribution in [-0.2, 0) is 38.1 Å². The Labute approximate surface area is 268 Å². The number of Topliss-reactive ketones (excluding diaryl/α,β-unsaturated/α-hetero) is 1. The van der Waals surface area contributed by atoms with Gasteiger partial charge in [-0.2, -0.15) is 0 Å². The van der Waals surface area contributed by atoms with E-state index in [9.17, 15) is 24.0 Å². The molecule has 46 heavy (non-hydrogen) atoms. The first-order valence-electron chi connectivity index (χ1n) is 16.1. The maximum Gasteiger partial charge on any atom is 0.351 e. The van der Waals surface area contributed by atoms with Crippen LogP contribution in [0, 0.1) is 21.7 Å². The molecule has 2 saturated heterocycles. The van der Waals surface area contributed by atoms with Crippen molar-refractivity contribution in [2.24, 2.45) is 21.7 Å². The van der Waals surface area contributed by atoms with Gasteiger partial charge < -0.3 is 28.4 Å². The summed E-state index contributed by atoms with van der Waals surface area (Å²) in [5.41, 5.74) is -7.58. The first kappa shape index (κ1) is 32.3. The number of hydrogen-bond acceptors (Lipinski definition) is 11. The highest BCUT2D eigenvalue weighted by atomic mass is 16.7. The van der Waals surface area contributed by atoms with Gasteiger partial charge in [-0.3, -0.25) is 14.4 Å². The molecular formula is C35H44O11. The molecule has 250 valence electrons. The molecule has 0 spiro atoms. The van der Waals surface area contributed by atoms with Gasteiger partial charge in [0.1, 0.15) is 17.1 Å². The van der Waals surface area contributed by atoms with Crippen LogP contribution in [0.25, 0.3) is 0 Å². The molecule has 0 amide bonds. The highest BCUT2D eigenvalue weighted by Gasteiger charge is 2.78. The van der Waals surface area contributed by atoms with Crippen LogP contribution in [0.15, 0.2) is 12.1 Å². The summed E-state index contributed by atoms with van der Waals surface area (Å²) in [6.07, 6.45) is -1.25. The summed E-state index contributed by atoms with van der Waals surface area (Å²) >= 11 is 0. The Balaban J connectivity index is 1.48. The zero-order valence-electron chi connectivity index (χ0n) is 28.3.